The summed E-state index contributed by atoms with van der Waals surface area (Å²) in [5.41, 5.74) is 5.03. The molecule has 0 saturated heterocycles. The highest BCUT2D eigenvalue weighted by molar-refractivity contribution is 5.72. The molecule has 0 bridgehead atoms. The Morgan fingerprint density at radius 2 is 1.92 bits per heavy atom. The van der Waals surface area contributed by atoms with Crippen LogP contribution >= 0.6 is 0 Å². The second kappa shape index (κ2) is 3.99. The molecule has 0 aromatic rings. The van der Waals surface area contributed by atoms with Gasteiger partial charge in [0.25, 0.3) is 0 Å². The molecule has 2 amide bonds. The van der Waals surface area contributed by atoms with Gasteiger partial charge in [0.15, 0.2) is 0 Å². The van der Waals surface area contributed by atoms with Crippen molar-refractivity contribution in [2.24, 2.45) is 23.5 Å². The van der Waals surface area contributed by atoms with Gasteiger partial charge in [0.1, 0.15) is 0 Å². The molecule has 3 N–H and O–H groups in total. The molecule has 1 saturated carbocycles. The smallest absolute Gasteiger partial charge is 0.312 e. The van der Waals surface area contributed by atoms with Crippen LogP contribution in [-0.4, -0.2) is 12.1 Å². The summed E-state index contributed by atoms with van der Waals surface area (Å²) in [7, 11) is 0. The first-order valence-electron chi connectivity index (χ1n) is 5.06. The lowest BCUT2D eigenvalue weighted by atomic mass is 9.69. The molecule has 13 heavy (non-hydrogen) atoms. The molecule has 1 rings (SSSR count). The molecular weight excluding hydrogens is 164 g/mol. The minimum absolute atomic E-state index is 0.337. The Hall–Kier alpha value is -0.730. The number of primary amides is 1. The van der Waals surface area contributed by atoms with Crippen LogP contribution in [0.15, 0.2) is 0 Å². The van der Waals surface area contributed by atoms with Crippen molar-refractivity contribution in [2.75, 3.05) is 0 Å². The molecule has 76 valence electrons. The fraction of sp³-hybridized carbons (Fsp3) is 0.900. The predicted octanol–water partition coefficient (Wildman–Crippen LogP) is 1.73. The van der Waals surface area contributed by atoms with E-state index in [9.17, 15) is 4.79 Å². The number of carbonyl (C=O) groups is 1. The van der Waals surface area contributed by atoms with Crippen molar-refractivity contribution in [3.05, 3.63) is 0 Å². The average molecular weight is 184 g/mol. The fourth-order valence-corrected chi connectivity index (χ4v) is 1.95. The zero-order valence-corrected chi connectivity index (χ0v) is 8.71. The largest absolute Gasteiger partial charge is 0.352 e. The van der Waals surface area contributed by atoms with E-state index in [0.29, 0.717) is 6.04 Å². The van der Waals surface area contributed by atoms with Crippen LogP contribution in [0, 0.1) is 17.8 Å². The molecule has 0 aliphatic heterocycles. The first-order chi connectivity index (χ1) is 6.00. The van der Waals surface area contributed by atoms with Gasteiger partial charge in [-0.15, -0.1) is 0 Å². The van der Waals surface area contributed by atoms with Gasteiger partial charge in [0.2, 0.25) is 0 Å². The Bertz CT molecular complexity index is 185. The van der Waals surface area contributed by atoms with E-state index < -0.39 is 0 Å². The van der Waals surface area contributed by atoms with E-state index in [0.717, 1.165) is 30.6 Å². The van der Waals surface area contributed by atoms with Gasteiger partial charge in [-0.3, -0.25) is 0 Å². The standard InChI is InChI=1S/C10H20N2O/c1-6(2)7(3)8-4-9(5-8)12-10(11)13/h6-9H,4-5H2,1-3H3,(H3,11,12,13)/t7-,8?,9?/m1/s1. The minimum Gasteiger partial charge on any atom is -0.352 e. The first kappa shape index (κ1) is 10.4. The maximum atomic E-state index is 10.5. The van der Waals surface area contributed by atoms with Gasteiger partial charge in [-0.05, 0) is 30.6 Å². The van der Waals surface area contributed by atoms with Crippen molar-refractivity contribution in [3.63, 3.8) is 0 Å². The minimum atomic E-state index is -0.388. The highest BCUT2D eigenvalue weighted by atomic mass is 16.2. The number of rotatable bonds is 3. The van der Waals surface area contributed by atoms with Crippen molar-refractivity contribution in [1.29, 1.82) is 0 Å². The molecule has 0 heterocycles. The second-order valence-electron chi connectivity index (χ2n) is 4.54. The van der Waals surface area contributed by atoms with Crippen LogP contribution in [0.25, 0.3) is 0 Å². The summed E-state index contributed by atoms with van der Waals surface area (Å²) in [5.74, 6) is 2.27. The van der Waals surface area contributed by atoms with Crippen molar-refractivity contribution < 1.29 is 4.79 Å². The molecule has 0 aromatic carbocycles. The fourth-order valence-electron chi connectivity index (χ4n) is 1.95. The maximum absolute atomic E-state index is 10.5. The molecule has 0 aromatic heterocycles. The van der Waals surface area contributed by atoms with Crippen LogP contribution in [0.4, 0.5) is 4.79 Å². The van der Waals surface area contributed by atoms with Gasteiger partial charge in [0.05, 0.1) is 0 Å². The highest BCUT2D eigenvalue weighted by Gasteiger charge is 2.34. The van der Waals surface area contributed by atoms with E-state index in [2.05, 4.69) is 26.1 Å². The Morgan fingerprint density at radius 3 is 2.31 bits per heavy atom. The van der Waals surface area contributed by atoms with E-state index in [4.69, 9.17) is 5.73 Å². The molecule has 3 heteroatoms. The number of hydrogen-bond donors (Lipinski definition) is 2. The van der Waals surface area contributed by atoms with Crippen molar-refractivity contribution in [2.45, 2.75) is 39.7 Å². The van der Waals surface area contributed by atoms with Crippen LogP contribution in [0.5, 0.6) is 0 Å². The lowest BCUT2D eigenvalue weighted by molar-refractivity contribution is 0.133. The number of hydrogen-bond acceptors (Lipinski definition) is 1. The summed E-state index contributed by atoms with van der Waals surface area (Å²) < 4.78 is 0. The average Bonchev–Trinajstić information content (AvgIpc) is 1.94. The third-order valence-corrected chi connectivity index (χ3v) is 3.32. The van der Waals surface area contributed by atoms with Crippen molar-refractivity contribution in [3.8, 4) is 0 Å². The molecular formula is C10H20N2O. The van der Waals surface area contributed by atoms with Crippen LogP contribution in [-0.2, 0) is 0 Å². The molecule has 1 atom stereocenters. The number of urea groups is 1. The number of carbonyl (C=O) groups excluding carboxylic acids is 1. The molecule has 0 radical (unpaired) electrons. The Kier molecular flexibility index (Phi) is 3.17. The van der Waals surface area contributed by atoms with Gasteiger partial charge in [0, 0.05) is 6.04 Å². The zero-order valence-electron chi connectivity index (χ0n) is 8.71. The molecule has 1 aliphatic rings. The number of amides is 2. The quantitative estimate of drug-likeness (QED) is 0.689. The summed E-state index contributed by atoms with van der Waals surface area (Å²) in [5, 5.41) is 2.74. The summed E-state index contributed by atoms with van der Waals surface area (Å²) in [4.78, 5) is 10.5. The second-order valence-corrected chi connectivity index (χ2v) is 4.54. The summed E-state index contributed by atoms with van der Waals surface area (Å²) in [6, 6.07) is -0.0515. The van der Waals surface area contributed by atoms with Gasteiger partial charge < -0.3 is 11.1 Å². The Labute approximate surface area is 80.1 Å². The van der Waals surface area contributed by atoms with Crippen LogP contribution in [0.1, 0.15) is 33.6 Å². The van der Waals surface area contributed by atoms with Gasteiger partial charge in [-0.1, -0.05) is 20.8 Å². The topological polar surface area (TPSA) is 55.1 Å². The third-order valence-electron chi connectivity index (χ3n) is 3.32. The monoisotopic (exact) mass is 184 g/mol. The number of nitrogens with two attached hydrogens (primary N) is 1. The molecule has 0 unspecified atom stereocenters. The predicted molar refractivity (Wildman–Crippen MR) is 53.2 cm³/mol. The van der Waals surface area contributed by atoms with Crippen molar-refractivity contribution in [1.82, 2.24) is 5.32 Å². The third kappa shape index (κ3) is 2.61. The summed E-state index contributed by atoms with van der Waals surface area (Å²) >= 11 is 0. The van der Waals surface area contributed by atoms with E-state index in [1.54, 1.807) is 0 Å². The Balaban J connectivity index is 2.21. The molecule has 3 nitrogen and oxygen atoms in total. The maximum Gasteiger partial charge on any atom is 0.312 e. The lowest BCUT2D eigenvalue weighted by Crippen LogP contribution is -2.48. The van der Waals surface area contributed by atoms with Crippen molar-refractivity contribution >= 4 is 6.03 Å². The lowest BCUT2D eigenvalue weighted by Gasteiger charge is -2.40. The van der Waals surface area contributed by atoms with E-state index in [1.807, 2.05) is 0 Å². The Morgan fingerprint density at radius 1 is 1.38 bits per heavy atom. The van der Waals surface area contributed by atoms with Gasteiger partial charge >= 0.3 is 6.03 Å². The zero-order chi connectivity index (χ0) is 10.0. The van der Waals surface area contributed by atoms with Gasteiger partial charge in [-0.25, -0.2) is 4.79 Å². The summed E-state index contributed by atoms with van der Waals surface area (Å²) in [6.07, 6.45) is 2.20. The van der Waals surface area contributed by atoms with Crippen LogP contribution in [0.2, 0.25) is 0 Å². The van der Waals surface area contributed by atoms with E-state index in [-0.39, 0.29) is 6.03 Å². The van der Waals surface area contributed by atoms with E-state index >= 15 is 0 Å². The summed E-state index contributed by atoms with van der Waals surface area (Å²) in [6.45, 7) is 6.79. The normalized spacial score (nSPS) is 29.5. The molecule has 0 spiro atoms. The van der Waals surface area contributed by atoms with Crippen LogP contribution in [0.3, 0.4) is 0 Å². The highest BCUT2D eigenvalue weighted by Crippen LogP contribution is 2.37. The van der Waals surface area contributed by atoms with E-state index in [1.165, 1.54) is 0 Å². The molecule has 1 fully saturated rings. The first-order valence-corrected chi connectivity index (χ1v) is 5.06. The number of nitrogens with one attached hydrogen (secondary N) is 1. The molecule has 1 aliphatic carbocycles. The SMILES string of the molecule is CC(C)[C@@H](C)C1CC(NC(N)=O)C1. The van der Waals surface area contributed by atoms with Gasteiger partial charge in [-0.2, -0.15) is 0 Å². The van der Waals surface area contributed by atoms with Crippen LogP contribution < -0.4 is 11.1 Å².